The minimum atomic E-state index is -0.770. The molecular weight excluding hydrogens is 314 g/mol. The second kappa shape index (κ2) is 6.02. The molecule has 3 heteroatoms. The van der Waals surface area contributed by atoms with E-state index < -0.39 is 5.92 Å². The molecule has 2 aromatic rings. The maximum absolute atomic E-state index is 12.6. The maximum atomic E-state index is 12.6. The van der Waals surface area contributed by atoms with Crippen molar-refractivity contribution < 1.29 is 4.79 Å². The lowest BCUT2D eigenvalue weighted by Gasteiger charge is -2.11. The fraction of sp³-hybridized carbons (Fsp3) is 0.176. The highest BCUT2D eigenvalue weighted by Gasteiger charge is 2.23. The van der Waals surface area contributed by atoms with Crippen molar-refractivity contribution in [1.82, 2.24) is 0 Å². The fourth-order valence-corrected chi connectivity index (χ4v) is 2.80. The van der Waals surface area contributed by atoms with E-state index in [0.29, 0.717) is 5.56 Å². The highest BCUT2D eigenvalue weighted by atomic mass is 79.9. The molecule has 1 unspecified atom stereocenters. The highest BCUT2D eigenvalue weighted by Crippen LogP contribution is 2.26. The van der Waals surface area contributed by atoms with Gasteiger partial charge < -0.3 is 0 Å². The van der Waals surface area contributed by atoms with Crippen LogP contribution in [0, 0.1) is 25.2 Å². The number of halogens is 1. The van der Waals surface area contributed by atoms with Gasteiger partial charge in [0.05, 0.1) is 6.07 Å². The molecule has 1 atom stereocenters. The van der Waals surface area contributed by atoms with Crippen LogP contribution in [0.1, 0.15) is 33.0 Å². The molecule has 0 aliphatic carbocycles. The SMILES string of the molecule is Cc1cccc(C(C#N)C(=O)c2ccc(C)cc2Br)c1. The van der Waals surface area contributed by atoms with Crippen LogP contribution in [-0.2, 0) is 0 Å². The molecule has 2 nitrogen and oxygen atoms in total. The number of hydrogen-bond donors (Lipinski definition) is 0. The number of nitrogens with zero attached hydrogens (tertiary/aromatic N) is 1. The summed E-state index contributed by atoms with van der Waals surface area (Å²) in [5.74, 6) is -0.945. The molecule has 2 rings (SSSR count). The fourth-order valence-electron chi connectivity index (χ4n) is 2.11. The van der Waals surface area contributed by atoms with E-state index in [1.54, 1.807) is 6.07 Å². The third kappa shape index (κ3) is 2.97. The monoisotopic (exact) mass is 327 g/mol. The minimum Gasteiger partial charge on any atom is -0.292 e. The topological polar surface area (TPSA) is 40.9 Å². The Hall–Kier alpha value is -1.92. The van der Waals surface area contributed by atoms with Crippen LogP contribution in [0.25, 0.3) is 0 Å². The second-order valence-corrected chi connectivity index (χ2v) is 5.68. The molecule has 0 spiro atoms. The Bertz CT molecular complexity index is 700. The maximum Gasteiger partial charge on any atom is 0.185 e. The lowest BCUT2D eigenvalue weighted by atomic mass is 9.91. The van der Waals surface area contributed by atoms with Crippen LogP contribution in [0.5, 0.6) is 0 Å². The molecule has 2 aromatic carbocycles. The summed E-state index contributed by atoms with van der Waals surface area (Å²) in [5, 5.41) is 9.36. The van der Waals surface area contributed by atoms with E-state index in [4.69, 9.17) is 0 Å². The van der Waals surface area contributed by atoms with Gasteiger partial charge in [-0.25, -0.2) is 0 Å². The largest absolute Gasteiger partial charge is 0.292 e. The third-order valence-corrected chi connectivity index (χ3v) is 3.81. The van der Waals surface area contributed by atoms with Gasteiger partial charge in [-0.2, -0.15) is 5.26 Å². The highest BCUT2D eigenvalue weighted by molar-refractivity contribution is 9.10. The molecule has 0 N–H and O–H groups in total. The number of aryl methyl sites for hydroxylation is 2. The van der Waals surface area contributed by atoms with Gasteiger partial charge in [0.25, 0.3) is 0 Å². The standard InChI is InChI=1S/C17H14BrNO/c1-11-4-3-5-13(8-11)15(10-19)17(20)14-7-6-12(2)9-16(14)18/h3-9,15H,1-2H3. The molecule has 0 fully saturated rings. The van der Waals surface area contributed by atoms with Gasteiger partial charge in [-0.05, 0) is 37.1 Å². The van der Waals surface area contributed by atoms with Crippen molar-refractivity contribution in [3.8, 4) is 6.07 Å². The summed E-state index contributed by atoms with van der Waals surface area (Å²) in [6, 6.07) is 15.2. The number of nitriles is 1. The Labute approximate surface area is 127 Å². The minimum absolute atomic E-state index is 0.176. The van der Waals surface area contributed by atoms with Crippen molar-refractivity contribution in [2.45, 2.75) is 19.8 Å². The summed E-state index contributed by atoms with van der Waals surface area (Å²) in [4.78, 5) is 12.6. The summed E-state index contributed by atoms with van der Waals surface area (Å²) >= 11 is 3.40. The first-order chi connectivity index (χ1) is 9.52. The molecule has 0 saturated heterocycles. The van der Waals surface area contributed by atoms with Crippen molar-refractivity contribution in [3.63, 3.8) is 0 Å². The lowest BCUT2D eigenvalue weighted by molar-refractivity contribution is 0.0978. The number of Topliss-reactive ketones (excluding diaryl/α,β-unsaturated/α-hetero) is 1. The van der Waals surface area contributed by atoms with Crippen LogP contribution >= 0.6 is 15.9 Å². The molecule has 0 aromatic heterocycles. The molecule has 0 saturated carbocycles. The van der Waals surface area contributed by atoms with Crippen LogP contribution in [0.3, 0.4) is 0 Å². The summed E-state index contributed by atoms with van der Waals surface area (Å²) in [5.41, 5.74) is 3.39. The summed E-state index contributed by atoms with van der Waals surface area (Å²) < 4.78 is 0.732. The summed E-state index contributed by atoms with van der Waals surface area (Å²) in [6.07, 6.45) is 0. The molecule has 0 radical (unpaired) electrons. The predicted molar refractivity (Wildman–Crippen MR) is 82.7 cm³/mol. The Kier molecular flexibility index (Phi) is 4.36. The van der Waals surface area contributed by atoms with Crippen molar-refractivity contribution in [3.05, 3.63) is 69.2 Å². The molecule has 100 valence electrons. The molecule has 0 aliphatic rings. The molecule has 0 bridgehead atoms. The van der Waals surface area contributed by atoms with E-state index >= 15 is 0 Å². The van der Waals surface area contributed by atoms with Gasteiger partial charge in [0.15, 0.2) is 5.78 Å². The quantitative estimate of drug-likeness (QED) is 0.775. The number of benzene rings is 2. The van der Waals surface area contributed by atoms with Gasteiger partial charge in [0.2, 0.25) is 0 Å². The first-order valence-corrected chi connectivity index (χ1v) is 7.09. The van der Waals surface area contributed by atoms with Crippen LogP contribution in [-0.4, -0.2) is 5.78 Å². The van der Waals surface area contributed by atoms with Crippen molar-refractivity contribution in [2.75, 3.05) is 0 Å². The van der Waals surface area contributed by atoms with Crippen molar-refractivity contribution >= 4 is 21.7 Å². The number of rotatable bonds is 3. The van der Waals surface area contributed by atoms with E-state index in [0.717, 1.165) is 21.2 Å². The van der Waals surface area contributed by atoms with Gasteiger partial charge in [-0.15, -0.1) is 0 Å². The Balaban J connectivity index is 2.42. The van der Waals surface area contributed by atoms with Gasteiger partial charge in [0, 0.05) is 10.0 Å². The first kappa shape index (κ1) is 14.5. The Morgan fingerprint density at radius 2 is 1.85 bits per heavy atom. The second-order valence-electron chi connectivity index (χ2n) is 4.82. The number of hydrogen-bond acceptors (Lipinski definition) is 2. The molecule has 0 heterocycles. The van der Waals surface area contributed by atoms with Crippen LogP contribution in [0.4, 0.5) is 0 Å². The van der Waals surface area contributed by atoms with E-state index in [1.807, 2.05) is 50.2 Å². The van der Waals surface area contributed by atoms with Crippen molar-refractivity contribution in [1.29, 1.82) is 5.26 Å². The van der Waals surface area contributed by atoms with Gasteiger partial charge in [0.1, 0.15) is 5.92 Å². The molecule has 20 heavy (non-hydrogen) atoms. The average molecular weight is 328 g/mol. The predicted octanol–water partition coefficient (Wildman–Crippen LogP) is 4.56. The van der Waals surface area contributed by atoms with Crippen LogP contribution in [0.2, 0.25) is 0 Å². The first-order valence-electron chi connectivity index (χ1n) is 6.29. The molecule has 0 amide bonds. The zero-order valence-corrected chi connectivity index (χ0v) is 12.9. The van der Waals surface area contributed by atoms with Gasteiger partial charge in [-0.3, -0.25) is 4.79 Å². The van der Waals surface area contributed by atoms with Gasteiger partial charge in [-0.1, -0.05) is 51.8 Å². The number of carbonyl (C=O) groups excluding carboxylic acids is 1. The number of carbonyl (C=O) groups is 1. The third-order valence-electron chi connectivity index (χ3n) is 3.16. The number of ketones is 1. The Morgan fingerprint density at radius 3 is 2.45 bits per heavy atom. The van der Waals surface area contributed by atoms with E-state index in [9.17, 15) is 10.1 Å². The van der Waals surface area contributed by atoms with Gasteiger partial charge >= 0.3 is 0 Å². The zero-order valence-electron chi connectivity index (χ0n) is 11.4. The van der Waals surface area contributed by atoms with Crippen LogP contribution in [0.15, 0.2) is 46.9 Å². The van der Waals surface area contributed by atoms with Crippen molar-refractivity contribution in [2.24, 2.45) is 0 Å². The Morgan fingerprint density at radius 1 is 1.15 bits per heavy atom. The van der Waals surface area contributed by atoms with E-state index in [1.165, 1.54) is 0 Å². The molecule has 0 aliphatic heterocycles. The summed E-state index contributed by atoms with van der Waals surface area (Å²) in [6.45, 7) is 3.91. The lowest BCUT2D eigenvalue weighted by Crippen LogP contribution is -2.12. The van der Waals surface area contributed by atoms with E-state index in [2.05, 4.69) is 22.0 Å². The normalized spacial score (nSPS) is 11.7. The summed E-state index contributed by atoms with van der Waals surface area (Å²) in [7, 11) is 0. The zero-order chi connectivity index (χ0) is 14.7. The van der Waals surface area contributed by atoms with E-state index in [-0.39, 0.29) is 5.78 Å². The smallest absolute Gasteiger partial charge is 0.185 e. The average Bonchev–Trinajstić information content (AvgIpc) is 2.39. The molecular formula is C17H14BrNO. The van der Waals surface area contributed by atoms with Crippen LogP contribution < -0.4 is 0 Å².